The first-order valence-electron chi connectivity index (χ1n) is 12.5. The van der Waals surface area contributed by atoms with E-state index in [1.54, 1.807) is 17.1 Å². The minimum absolute atomic E-state index is 0.235. The fourth-order valence-electron chi connectivity index (χ4n) is 4.17. The lowest BCUT2D eigenvalue weighted by atomic mass is 9.92. The van der Waals surface area contributed by atoms with Crippen LogP contribution in [0.3, 0.4) is 0 Å². The second-order valence-corrected chi connectivity index (χ2v) is 8.75. The molecule has 0 spiro atoms. The van der Waals surface area contributed by atoms with E-state index in [1.807, 2.05) is 45.0 Å². The molecule has 1 aliphatic heterocycles. The van der Waals surface area contributed by atoms with Crippen LogP contribution in [0.1, 0.15) is 68.1 Å². The molecular formula is C29H36N2O5. The van der Waals surface area contributed by atoms with Crippen molar-refractivity contribution in [3.05, 3.63) is 77.1 Å². The topological polar surface area (TPSA) is 81.9 Å². The number of fused-ring (bicyclic) bond motifs is 1. The van der Waals surface area contributed by atoms with E-state index in [0.29, 0.717) is 37.6 Å². The summed E-state index contributed by atoms with van der Waals surface area (Å²) in [4.78, 5) is 31.7. The molecule has 7 heteroatoms. The number of methoxy groups -OCH3 is 1. The van der Waals surface area contributed by atoms with Gasteiger partial charge in [0.25, 0.3) is 0 Å². The quantitative estimate of drug-likeness (QED) is 0.246. The number of allylic oxidation sites excluding steroid dienone is 5. The molecule has 2 aromatic rings. The van der Waals surface area contributed by atoms with Gasteiger partial charge in [0.15, 0.2) is 6.04 Å². The van der Waals surface area contributed by atoms with E-state index in [9.17, 15) is 9.59 Å². The summed E-state index contributed by atoms with van der Waals surface area (Å²) in [6, 6.07) is 4.88. The second kappa shape index (κ2) is 12.9. The van der Waals surface area contributed by atoms with Gasteiger partial charge >= 0.3 is 5.97 Å². The van der Waals surface area contributed by atoms with Gasteiger partial charge in [-0.2, -0.15) is 0 Å². The SMILES string of the molecule is CC=CC=CC(=O)N1CCc2ccc(OCCc3nc(/C(C)=C/CCC)oc3C)cc2C1C(=O)OC. The third kappa shape index (κ3) is 6.53. The average Bonchev–Trinajstić information content (AvgIpc) is 3.26. The maximum Gasteiger partial charge on any atom is 0.333 e. The number of nitrogens with zero attached hydrogens (tertiary/aromatic N) is 2. The van der Waals surface area contributed by atoms with Gasteiger partial charge in [0.1, 0.15) is 11.5 Å². The highest BCUT2D eigenvalue weighted by atomic mass is 16.5. The minimum atomic E-state index is -0.816. The zero-order valence-corrected chi connectivity index (χ0v) is 21.9. The van der Waals surface area contributed by atoms with Crippen LogP contribution < -0.4 is 4.74 Å². The van der Waals surface area contributed by atoms with Crippen molar-refractivity contribution < 1.29 is 23.5 Å². The van der Waals surface area contributed by atoms with E-state index in [1.165, 1.54) is 13.2 Å². The number of unbranched alkanes of at least 4 members (excludes halogenated alkanes) is 1. The molecule has 0 radical (unpaired) electrons. The number of ether oxygens (including phenoxy) is 2. The lowest BCUT2D eigenvalue weighted by Gasteiger charge is -2.35. The number of rotatable bonds is 10. The molecule has 1 aromatic heterocycles. The van der Waals surface area contributed by atoms with Gasteiger partial charge in [-0.15, -0.1) is 0 Å². The lowest BCUT2D eigenvalue weighted by molar-refractivity contribution is -0.152. The van der Waals surface area contributed by atoms with Crippen molar-refractivity contribution in [1.29, 1.82) is 0 Å². The highest BCUT2D eigenvalue weighted by Crippen LogP contribution is 2.34. The number of carbonyl (C=O) groups is 2. The number of hydrogen-bond donors (Lipinski definition) is 0. The number of hydrogen-bond acceptors (Lipinski definition) is 6. The van der Waals surface area contributed by atoms with Gasteiger partial charge < -0.3 is 18.8 Å². The van der Waals surface area contributed by atoms with Crippen molar-refractivity contribution in [2.45, 2.75) is 59.4 Å². The van der Waals surface area contributed by atoms with Crippen molar-refractivity contribution in [2.24, 2.45) is 0 Å². The lowest BCUT2D eigenvalue weighted by Crippen LogP contribution is -2.43. The van der Waals surface area contributed by atoms with Gasteiger partial charge in [-0.05, 0) is 56.9 Å². The van der Waals surface area contributed by atoms with E-state index in [-0.39, 0.29) is 5.91 Å². The van der Waals surface area contributed by atoms with Crippen LogP contribution in [-0.4, -0.2) is 42.0 Å². The van der Waals surface area contributed by atoms with Gasteiger partial charge in [-0.25, -0.2) is 9.78 Å². The van der Waals surface area contributed by atoms with Crippen LogP contribution in [0, 0.1) is 6.92 Å². The van der Waals surface area contributed by atoms with Crippen LogP contribution in [0.25, 0.3) is 5.57 Å². The Labute approximate surface area is 213 Å². The summed E-state index contributed by atoms with van der Waals surface area (Å²) in [5.74, 6) is 1.36. The smallest absolute Gasteiger partial charge is 0.333 e. The Balaban J connectivity index is 1.74. The van der Waals surface area contributed by atoms with Gasteiger partial charge in [0.2, 0.25) is 11.8 Å². The Morgan fingerprint density at radius 3 is 2.81 bits per heavy atom. The summed E-state index contributed by atoms with van der Waals surface area (Å²) in [5, 5.41) is 0. The van der Waals surface area contributed by atoms with Gasteiger partial charge in [0, 0.05) is 24.6 Å². The molecule has 1 unspecified atom stereocenters. The summed E-state index contributed by atoms with van der Waals surface area (Å²) < 4.78 is 16.9. The highest BCUT2D eigenvalue weighted by molar-refractivity contribution is 5.92. The number of benzene rings is 1. The Bertz CT molecular complexity index is 1160. The predicted octanol–water partition coefficient (Wildman–Crippen LogP) is 5.54. The van der Waals surface area contributed by atoms with E-state index in [2.05, 4.69) is 18.0 Å². The fourth-order valence-corrected chi connectivity index (χ4v) is 4.17. The first-order chi connectivity index (χ1) is 17.4. The number of aromatic nitrogens is 1. The molecule has 0 saturated carbocycles. The molecule has 1 amide bonds. The Hall–Kier alpha value is -3.61. The standard InChI is InChI=1S/C29H36N2O5/c1-6-8-10-12-26(32)31-17-15-22-13-14-23(19-24(22)27(31)29(33)34-5)35-18-16-25-21(4)36-28(30-25)20(3)11-9-7-2/h6,8,10-14,19,27H,7,9,15-18H2,1-5H3/b8-6?,12-10?,20-11+. The van der Waals surface area contributed by atoms with E-state index in [0.717, 1.165) is 41.0 Å². The average molecular weight is 493 g/mol. The highest BCUT2D eigenvalue weighted by Gasteiger charge is 2.36. The number of oxazole rings is 1. The van der Waals surface area contributed by atoms with Gasteiger partial charge in [-0.3, -0.25) is 4.79 Å². The number of amides is 1. The van der Waals surface area contributed by atoms with Crippen molar-refractivity contribution >= 4 is 17.4 Å². The minimum Gasteiger partial charge on any atom is -0.493 e. The van der Waals surface area contributed by atoms with Gasteiger partial charge in [-0.1, -0.05) is 43.7 Å². The van der Waals surface area contributed by atoms with Crippen molar-refractivity contribution in [1.82, 2.24) is 9.88 Å². The Kier molecular flexibility index (Phi) is 9.68. The first kappa shape index (κ1) is 27.0. The molecule has 0 aliphatic carbocycles. The molecule has 0 saturated heterocycles. The van der Waals surface area contributed by atoms with Crippen LogP contribution in [-0.2, 0) is 27.2 Å². The van der Waals surface area contributed by atoms with Crippen LogP contribution in [0.4, 0.5) is 0 Å². The molecule has 1 aliphatic rings. The number of carbonyl (C=O) groups excluding carboxylic acids is 2. The monoisotopic (exact) mass is 492 g/mol. The van der Waals surface area contributed by atoms with Crippen LogP contribution >= 0.6 is 0 Å². The van der Waals surface area contributed by atoms with E-state index < -0.39 is 12.0 Å². The maximum absolute atomic E-state index is 12.8. The molecule has 3 rings (SSSR count). The number of aryl methyl sites for hydroxylation is 1. The van der Waals surface area contributed by atoms with Crippen LogP contribution in [0.2, 0.25) is 0 Å². The Morgan fingerprint density at radius 1 is 1.28 bits per heavy atom. The third-order valence-corrected chi connectivity index (χ3v) is 6.17. The zero-order chi connectivity index (χ0) is 26.1. The molecule has 0 fully saturated rings. The maximum atomic E-state index is 12.8. The van der Waals surface area contributed by atoms with Crippen molar-refractivity contribution in [2.75, 3.05) is 20.3 Å². The van der Waals surface area contributed by atoms with E-state index >= 15 is 0 Å². The predicted molar refractivity (Wildman–Crippen MR) is 140 cm³/mol. The molecule has 1 aromatic carbocycles. The molecular weight excluding hydrogens is 456 g/mol. The normalized spacial score (nSPS) is 16.0. The Morgan fingerprint density at radius 2 is 2.08 bits per heavy atom. The van der Waals surface area contributed by atoms with E-state index in [4.69, 9.17) is 13.9 Å². The summed E-state index contributed by atoms with van der Waals surface area (Å²) in [7, 11) is 1.34. The summed E-state index contributed by atoms with van der Waals surface area (Å²) in [6.45, 7) is 8.77. The second-order valence-electron chi connectivity index (χ2n) is 8.75. The van der Waals surface area contributed by atoms with Crippen LogP contribution in [0.5, 0.6) is 5.75 Å². The zero-order valence-electron chi connectivity index (χ0n) is 21.9. The number of esters is 1. The van der Waals surface area contributed by atoms with Crippen molar-refractivity contribution in [3.8, 4) is 5.75 Å². The van der Waals surface area contributed by atoms with Crippen LogP contribution in [0.15, 0.2) is 53.0 Å². The third-order valence-electron chi connectivity index (χ3n) is 6.17. The molecule has 36 heavy (non-hydrogen) atoms. The molecule has 0 bridgehead atoms. The molecule has 7 nitrogen and oxygen atoms in total. The molecule has 0 N–H and O–H groups in total. The molecule has 192 valence electrons. The molecule has 1 atom stereocenters. The van der Waals surface area contributed by atoms with Crippen molar-refractivity contribution in [3.63, 3.8) is 0 Å². The molecule has 2 heterocycles. The first-order valence-corrected chi connectivity index (χ1v) is 12.5. The summed E-state index contributed by atoms with van der Waals surface area (Å²) >= 11 is 0. The fraction of sp³-hybridized carbons (Fsp3) is 0.414. The van der Waals surface area contributed by atoms with Gasteiger partial charge in [0.05, 0.1) is 19.4 Å². The summed E-state index contributed by atoms with van der Waals surface area (Å²) in [6.07, 6.45) is 12.2. The largest absolute Gasteiger partial charge is 0.493 e. The summed E-state index contributed by atoms with van der Waals surface area (Å²) in [5.41, 5.74) is 3.64.